The Morgan fingerprint density at radius 3 is 2.71 bits per heavy atom. The van der Waals surface area contributed by atoms with E-state index in [0.717, 1.165) is 12.5 Å². The van der Waals surface area contributed by atoms with E-state index in [1.807, 2.05) is 0 Å². The lowest BCUT2D eigenvalue weighted by molar-refractivity contribution is 0.258. The second kappa shape index (κ2) is 8.96. The largest absolute Gasteiger partial charge is 0.386 e. The SMILES string of the molecule is C/C(=C\c1ccccc1)CN/C=C1/CCCN1CC1CCCCC1. The number of nitrogens with one attached hydrogen (secondary N) is 1. The van der Waals surface area contributed by atoms with Gasteiger partial charge in [0.25, 0.3) is 0 Å². The van der Waals surface area contributed by atoms with Gasteiger partial charge in [0.05, 0.1) is 0 Å². The molecule has 1 saturated heterocycles. The summed E-state index contributed by atoms with van der Waals surface area (Å²) in [7, 11) is 0. The van der Waals surface area contributed by atoms with E-state index < -0.39 is 0 Å². The van der Waals surface area contributed by atoms with E-state index >= 15 is 0 Å². The molecule has 1 aliphatic carbocycles. The molecule has 0 bridgehead atoms. The molecule has 1 heterocycles. The average molecular weight is 325 g/mol. The number of nitrogens with zero attached hydrogens (tertiary/aromatic N) is 1. The van der Waals surface area contributed by atoms with Crippen molar-refractivity contribution in [1.29, 1.82) is 0 Å². The third-order valence-electron chi connectivity index (χ3n) is 5.33. The van der Waals surface area contributed by atoms with Crippen molar-refractivity contribution in [3.05, 3.63) is 53.4 Å². The quantitative estimate of drug-likeness (QED) is 0.774. The zero-order chi connectivity index (χ0) is 16.6. The third-order valence-corrected chi connectivity index (χ3v) is 5.33. The summed E-state index contributed by atoms with van der Waals surface area (Å²) < 4.78 is 0. The molecule has 2 fully saturated rings. The van der Waals surface area contributed by atoms with E-state index in [4.69, 9.17) is 0 Å². The van der Waals surface area contributed by atoms with Gasteiger partial charge in [0.2, 0.25) is 0 Å². The smallest absolute Gasteiger partial charge is 0.0355 e. The van der Waals surface area contributed by atoms with Gasteiger partial charge >= 0.3 is 0 Å². The minimum atomic E-state index is 0.926. The summed E-state index contributed by atoms with van der Waals surface area (Å²) >= 11 is 0. The fraction of sp³-hybridized carbons (Fsp3) is 0.545. The summed E-state index contributed by atoms with van der Waals surface area (Å²) in [5.41, 5.74) is 4.17. The van der Waals surface area contributed by atoms with Crippen LogP contribution in [0.3, 0.4) is 0 Å². The van der Waals surface area contributed by atoms with Gasteiger partial charge in [-0.25, -0.2) is 0 Å². The van der Waals surface area contributed by atoms with Gasteiger partial charge in [-0.1, -0.05) is 61.2 Å². The number of hydrogen-bond donors (Lipinski definition) is 1. The minimum Gasteiger partial charge on any atom is -0.386 e. The maximum absolute atomic E-state index is 3.54. The van der Waals surface area contributed by atoms with Crippen molar-refractivity contribution in [3.8, 4) is 0 Å². The summed E-state index contributed by atoms with van der Waals surface area (Å²) in [6, 6.07) is 10.6. The molecule has 0 unspecified atom stereocenters. The zero-order valence-corrected chi connectivity index (χ0v) is 15.1. The molecule has 0 radical (unpaired) electrons. The van der Waals surface area contributed by atoms with Crippen LogP contribution in [-0.4, -0.2) is 24.5 Å². The van der Waals surface area contributed by atoms with Crippen molar-refractivity contribution in [2.24, 2.45) is 5.92 Å². The van der Waals surface area contributed by atoms with Crippen LogP contribution in [0.2, 0.25) is 0 Å². The van der Waals surface area contributed by atoms with Gasteiger partial charge in [-0.05, 0) is 44.1 Å². The molecule has 1 N–H and O–H groups in total. The van der Waals surface area contributed by atoms with Crippen molar-refractivity contribution in [3.63, 3.8) is 0 Å². The highest BCUT2D eigenvalue weighted by atomic mass is 15.2. The maximum atomic E-state index is 3.54. The van der Waals surface area contributed by atoms with Crippen molar-refractivity contribution < 1.29 is 0 Å². The molecule has 2 nitrogen and oxygen atoms in total. The molecule has 0 atom stereocenters. The zero-order valence-electron chi connectivity index (χ0n) is 15.1. The lowest BCUT2D eigenvalue weighted by Crippen LogP contribution is -2.27. The van der Waals surface area contributed by atoms with Gasteiger partial charge < -0.3 is 10.2 Å². The van der Waals surface area contributed by atoms with Crippen LogP contribution in [0.25, 0.3) is 6.08 Å². The number of allylic oxidation sites excluding steroid dienone is 1. The molecule has 2 heteroatoms. The second-order valence-electron chi connectivity index (χ2n) is 7.47. The van der Waals surface area contributed by atoms with Crippen LogP contribution in [0.1, 0.15) is 57.4 Å². The van der Waals surface area contributed by atoms with Crippen LogP contribution in [-0.2, 0) is 0 Å². The summed E-state index contributed by atoms with van der Waals surface area (Å²) in [5.74, 6) is 0.931. The number of likely N-dealkylation sites (tertiary alicyclic amines) is 1. The Kier molecular flexibility index (Phi) is 6.40. The number of hydrogen-bond acceptors (Lipinski definition) is 2. The first-order valence-corrected chi connectivity index (χ1v) is 9.71. The Labute approximate surface area is 147 Å². The van der Waals surface area contributed by atoms with E-state index in [2.05, 4.69) is 59.7 Å². The molecular weight excluding hydrogens is 292 g/mol. The Morgan fingerprint density at radius 1 is 1.12 bits per heavy atom. The van der Waals surface area contributed by atoms with Crippen molar-refractivity contribution in [1.82, 2.24) is 10.2 Å². The van der Waals surface area contributed by atoms with Gasteiger partial charge in [-0.3, -0.25) is 0 Å². The van der Waals surface area contributed by atoms with Crippen LogP contribution in [0.15, 0.2) is 47.8 Å². The van der Waals surface area contributed by atoms with E-state index in [9.17, 15) is 0 Å². The van der Waals surface area contributed by atoms with E-state index in [-0.39, 0.29) is 0 Å². The van der Waals surface area contributed by atoms with E-state index in [0.29, 0.717) is 0 Å². The lowest BCUT2D eigenvalue weighted by Gasteiger charge is -2.29. The van der Waals surface area contributed by atoms with Gasteiger partial charge in [-0.2, -0.15) is 0 Å². The molecule has 1 saturated carbocycles. The monoisotopic (exact) mass is 324 g/mol. The van der Waals surface area contributed by atoms with Gasteiger partial charge in [0.1, 0.15) is 0 Å². The average Bonchev–Trinajstić information content (AvgIpc) is 3.04. The second-order valence-corrected chi connectivity index (χ2v) is 7.47. The standard InChI is InChI=1S/C22H32N2/c1-19(15-20-9-4-2-5-10-20)16-23-17-22-13-8-14-24(22)18-21-11-6-3-7-12-21/h2,4-5,9-10,15,17,21,23H,3,6-8,11-14,16,18H2,1H3/b19-15+,22-17-. The summed E-state index contributed by atoms with van der Waals surface area (Å²) in [4.78, 5) is 2.64. The summed E-state index contributed by atoms with van der Waals surface area (Å²) in [6.07, 6.45) is 14.3. The van der Waals surface area contributed by atoms with E-state index in [1.54, 1.807) is 0 Å². The Morgan fingerprint density at radius 2 is 1.92 bits per heavy atom. The van der Waals surface area contributed by atoms with Crippen molar-refractivity contribution in [2.75, 3.05) is 19.6 Å². The Balaban J connectivity index is 1.48. The number of rotatable bonds is 6. The molecule has 3 rings (SSSR count). The van der Waals surface area contributed by atoms with Gasteiger partial charge in [-0.15, -0.1) is 0 Å². The Hall–Kier alpha value is -1.70. The first-order valence-electron chi connectivity index (χ1n) is 9.71. The minimum absolute atomic E-state index is 0.926. The maximum Gasteiger partial charge on any atom is 0.0355 e. The van der Waals surface area contributed by atoms with Crippen LogP contribution in [0, 0.1) is 5.92 Å². The predicted octanol–water partition coefficient (Wildman–Crippen LogP) is 5.20. The highest BCUT2D eigenvalue weighted by molar-refractivity contribution is 5.52. The summed E-state index contributed by atoms with van der Waals surface area (Å²) in [6.45, 7) is 5.66. The highest BCUT2D eigenvalue weighted by Crippen LogP contribution is 2.28. The van der Waals surface area contributed by atoms with Gasteiger partial charge in [0, 0.05) is 31.5 Å². The normalized spacial score (nSPS) is 21.5. The van der Waals surface area contributed by atoms with Crippen molar-refractivity contribution in [2.45, 2.75) is 51.9 Å². The fourth-order valence-corrected chi connectivity index (χ4v) is 4.02. The molecule has 24 heavy (non-hydrogen) atoms. The van der Waals surface area contributed by atoms with Crippen LogP contribution in [0.4, 0.5) is 0 Å². The molecule has 0 amide bonds. The summed E-state index contributed by atoms with van der Waals surface area (Å²) in [5, 5.41) is 3.54. The molecule has 1 aliphatic heterocycles. The lowest BCUT2D eigenvalue weighted by atomic mass is 9.89. The van der Waals surface area contributed by atoms with Crippen LogP contribution >= 0.6 is 0 Å². The Bertz CT molecular complexity index is 553. The highest BCUT2D eigenvalue weighted by Gasteiger charge is 2.22. The first kappa shape index (κ1) is 17.1. The van der Waals surface area contributed by atoms with E-state index in [1.165, 1.54) is 74.9 Å². The fourth-order valence-electron chi connectivity index (χ4n) is 4.02. The van der Waals surface area contributed by atoms with Gasteiger partial charge in [0.15, 0.2) is 0 Å². The van der Waals surface area contributed by atoms with Crippen LogP contribution < -0.4 is 5.32 Å². The predicted molar refractivity (Wildman–Crippen MR) is 104 cm³/mol. The first-order chi connectivity index (χ1) is 11.8. The molecule has 0 spiro atoms. The molecule has 1 aromatic rings. The molecule has 2 aliphatic rings. The number of benzene rings is 1. The van der Waals surface area contributed by atoms with Crippen LogP contribution in [0.5, 0.6) is 0 Å². The van der Waals surface area contributed by atoms with Crippen molar-refractivity contribution >= 4 is 6.08 Å². The topological polar surface area (TPSA) is 15.3 Å². The molecule has 0 aromatic heterocycles. The molecule has 130 valence electrons. The molecule has 1 aromatic carbocycles. The molecular formula is C22H32N2. The third kappa shape index (κ3) is 5.15.